The second-order valence-electron chi connectivity index (χ2n) is 8.75. The van der Waals surface area contributed by atoms with Crippen LogP contribution in [0, 0.1) is 42.4 Å². The van der Waals surface area contributed by atoms with Crippen molar-refractivity contribution >= 4 is 0 Å². The highest BCUT2D eigenvalue weighted by Gasteiger charge is 2.62. The van der Waals surface area contributed by atoms with Crippen LogP contribution >= 0.6 is 0 Å². The Labute approximate surface area is 152 Å². The summed E-state index contributed by atoms with van der Waals surface area (Å²) in [5.41, 5.74) is 7.65. The highest BCUT2D eigenvalue weighted by atomic mass is 17.0. The van der Waals surface area contributed by atoms with Crippen molar-refractivity contribution in [1.82, 2.24) is 0 Å². The molecule has 0 saturated heterocycles. The number of hydrogen-bond donors (Lipinski definition) is 1. The standard InChI is InChI=1S/C17H27N3O6/c1-3-17-5-12-4-15(2,9-16(10-17,11-18)7-14(12)17)6-13(26-20(23)24)8-25-19(21)22/h4,13-14H,3,5-11,18H2,1-2H3. The van der Waals surface area contributed by atoms with Crippen molar-refractivity contribution < 1.29 is 19.8 Å². The summed E-state index contributed by atoms with van der Waals surface area (Å²) in [7, 11) is 0. The predicted molar refractivity (Wildman–Crippen MR) is 91.8 cm³/mol. The lowest BCUT2D eigenvalue weighted by Crippen LogP contribution is -2.42. The molecule has 0 radical (unpaired) electrons. The molecule has 9 nitrogen and oxygen atoms in total. The molecule has 2 saturated carbocycles. The first-order valence-corrected chi connectivity index (χ1v) is 9.15. The maximum absolute atomic E-state index is 10.8. The molecule has 0 spiro atoms. The van der Waals surface area contributed by atoms with Gasteiger partial charge in [-0.15, -0.1) is 20.2 Å². The average Bonchev–Trinajstić information content (AvgIpc) is 2.73. The largest absolute Gasteiger partial charge is 0.330 e. The molecule has 0 heterocycles. The Balaban J connectivity index is 1.82. The van der Waals surface area contributed by atoms with Crippen LogP contribution in [0.1, 0.15) is 52.4 Å². The third kappa shape index (κ3) is 3.24. The number of fused-ring (bicyclic) bond motifs is 1. The predicted octanol–water partition coefficient (Wildman–Crippen LogP) is 2.65. The van der Waals surface area contributed by atoms with Gasteiger partial charge >= 0.3 is 0 Å². The van der Waals surface area contributed by atoms with Crippen molar-refractivity contribution in [3.05, 3.63) is 31.9 Å². The molecule has 2 N–H and O–H groups in total. The molecule has 5 unspecified atom stereocenters. The minimum absolute atomic E-state index is 0.0211. The average molecular weight is 369 g/mol. The Hall–Kier alpha value is -1.90. The van der Waals surface area contributed by atoms with Gasteiger partial charge in [0.25, 0.3) is 10.2 Å². The van der Waals surface area contributed by atoms with Gasteiger partial charge in [0, 0.05) is 0 Å². The van der Waals surface area contributed by atoms with Crippen LogP contribution in [-0.4, -0.2) is 29.4 Å². The fourth-order valence-electron chi connectivity index (χ4n) is 6.11. The second-order valence-corrected chi connectivity index (χ2v) is 8.75. The van der Waals surface area contributed by atoms with E-state index in [9.17, 15) is 20.2 Å². The normalized spacial score (nSPS) is 38.6. The molecule has 3 rings (SSSR count). The summed E-state index contributed by atoms with van der Waals surface area (Å²) in [6.07, 6.45) is 6.74. The van der Waals surface area contributed by atoms with E-state index in [1.54, 1.807) is 0 Å². The van der Waals surface area contributed by atoms with E-state index < -0.39 is 22.9 Å². The van der Waals surface area contributed by atoms with Gasteiger partial charge in [-0.3, -0.25) is 0 Å². The fourth-order valence-corrected chi connectivity index (χ4v) is 6.11. The summed E-state index contributed by atoms with van der Waals surface area (Å²) in [4.78, 5) is 30.3. The van der Waals surface area contributed by atoms with E-state index in [1.165, 1.54) is 5.57 Å². The van der Waals surface area contributed by atoms with E-state index in [2.05, 4.69) is 22.7 Å². The van der Waals surface area contributed by atoms with Crippen LogP contribution < -0.4 is 5.73 Å². The Bertz CT molecular complexity index is 640. The topological polar surface area (TPSA) is 131 Å². The Kier molecular flexibility index (Phi) is 4.62. The zero-order valence-corrected chi connectivity index (χ0v) is 15.3. The summed E-state index contributed by atoms with van der Waals surface area (Å²) >= 11 is 0. The lowest BCUT2D eigenvalue weighted by Gasteiger charge is -2.50. The lowest BCUT2D eigenvalue weighted by atomic mass is 9.54. The van der Waals surface area contributed by atoms with Crippen LogP contribution in [0.5, 0.6) is 0 Å². The van der Waals surface area contributed by atoms with E-state index in [-0.39, 0.29) is 10.8 Å². The van der Waals surface area contributed by atoms with Gasteiger partial charge in [-0.05, 0) is 67.2 Å². The number of hydrogen-bond acceptors (Lipinski definition) is 7. The molecule has 0 aromatic rings. The molecule has 26 heavy (non-hydrogen) atoms. The molecule has 3 aliphatic carbocycles. The maximum atomic E-state index is 10.8. The van der Waals surface area contributed by atoms with Gasteiger partial charge in [-0.1, -0.05) is 25.5 Å². The van der Waals surface area contributed by atoms with Crippen molar-refractivity contribution in [1.29, 1.82) is 0 Å². The van der Waals surface area contributed by atoms with Crippen molar-refractivity contribution in [3.8, 4) is 0 Å². The van der Waals surface area contributed by atoms with Gasteiger partial charge in [0.15, 0.2) is 0 Å². The van der Waals surface area contributed by atoms with Crippen LogP contribution in [0.4, 0.5) is 0 Å². The van der Waals surface area contributed by atoms with Crippen LogP contribution in [-0.2, 0) is 9.68 Å². The monoisotopic (exact) mass is 369 g/mol. The molecule has 3 aliphatic rings. The first kappa shape index (κ1) is 18.9. The minimum Gasteiger partial charge on any atom is -0.330 e. The molecule has 2 bridgehead atoms. The van der Waals surface area contributed by atoms with Crippen molar-refractivity contribution in [2.45, 2.75) is 58.5 Å². The SMILES string of the molecule is CCC12CC3=CC(C)(CC(CO[N+](=O)[O-])O[N+](=O)[O-])CC(CN)(CC31)C2. The molecule has 0 aromatic heterocycles. The zero-order chi connectivity index (χ0) is 19.2. The second kappa shape index (κ2) is 6.37. The molecular weight excluding hydrogens is 342 g/mol. The summed E-state index contributed by atoms with van der Waals surface area (Å²) in [6, 6.07) is 0. The van der Waals surface area contributed by atoms with Gasteiger partial charge in [0.1, 0.15) is 12.7 Å². The van der Waals surface area contributed by atoms with Crippen molar-refractivity contribution in [2.75, 3.05) is 13.2 Å². The zero-order valence-electron chi connectivity index (χ0n) is 15.3. The summed E-state index contributed by atoms with van der Waals surface area (Å²) in [5, 5.41) is 19.4. The van der Waals surface area contributed by atoms with Gasteiger partial charge in [-0.2, -0.15) is 0 Å². The highest BCUT2D eigenvalue weighted by molar-refractivity contribution is 5.34. The fraction of sp³-hybridized carbons (Fsp3) is 0.882. The highest BCUT2D eigenvalue weighted by Crippen LogP contribution is 2.72. The number of allylic oxidation sites excluding steroid dienone is 2. The number of nitrogens with zero attached hydrogens (tertiary/aromatic N) is 2. The molecule has 146 valence electrons. The van der Waals surface area contributed by atoms with Gasteiger partial charge < -0.3 is 15.4 Å². The summed E-state index contributed by atoms with van der Waals surface area (Å²) < 4.78 is 0. The Morgan fingerprint density at radius 1 is 1.35 bits per heavy atom. The van der Waals surface area contributed by atoms with Crippen molar-refractivity contribution in [3.63, 3.8) is 0 Å². The van der Waals surface area contributed by atoms with Gasteiger partial charge in [0.05, 0.1) is 0 Å². The van der Waals surface area contributed by atoms with Crippen LogP contribution in [0.3, 0.4) is 0 Å². The summed E-state index contributed by atoms with van der Waals surface area (Å²) in [5.74, 6) is 0.558. The van der Waals surface area contributed by atoms with Crippen LogP contribution in [0.25, 0.3) is 0 Å². The number of rotatable bonds is 9. The smallest absolute Gasteiger partial charge is 0.294 e. The Morgan fingerprint density at radius 3 is 2.65 bits per heavy atom. The molecular formula is C17H27N3O6. The number of nitrogens with two attached hydrogens (primary N) is 1. The van der Waals surface area contributed by atoms with Gasteiger partial charge in [-0.25, -0.2) is 0 Å². The van der Waals surface area contributed by atoms with Gasteiger partial charge in [0.2, 0.25) is 0 Å². The molecule has 0 aromatic carbocycles. The minimum atomic E-state index is -0.986. The van der Waals surface area contributed by atoms with E-state index >= 15 is 0 Å². The molecule has 2 fully saturated rings. The summed E-state index contributed by atoms with van der Waals surface area (Å²) in [6.45, 7) is 4.43. The van der Waals surface area contributed by atoms with E-state index in [4.69, 9.17) is 5.73 Å². The maximum Gasteiger partial charge on any atom is 0.294 e. The Morgan fingerprint density at radius 2 is 2.08 bits per heavy atom. The van der Waals surface area contributed by atoms with Crippen LogP contribution in [0.2, 0.25) is 0 Å². The van der Waals surface area contributed by atoms with Crippen LogP contribution in [0.15, 0.2) is 11.6 Å². The third-order valence-electron chi connectivity index (χ3n) is 6.85. The first-order valence-electron chi connectivity index (χ1n) is 9.15. The quantitative estimate of drug-likeness (QED) is 0.375. The molecule has 9 heteroatoms. The first-order chi connectivity index (χ1) is 12.1. The van der Waals surface area contributed by atoms with E-state index in [0.717, 1.165) is 32.1 Å². The molecule has 0 aliphatic heterocycles. The molecule has 0 amide bonds. The van der Waals surface area contributed by atoms with E-state index in [0.29, 0.717) is 24.3 Å². The van der Waals surface area contributed by atoms with Crippen molar-refractivity contribution in [2.24, 2.45) is 27.9 Å². The third-order valence-corrected chi connectivity index (χ3v) is 6.85. The molecule has 5 atom stereocenters. The lowest BCUT2D eigenvalue weighted by molar-refractivity contribution is -0.790. The van der Waals surface area contributed by atoms with E-state index in [1.807, 2.05) is 6.92 Å².